The molecule has 0 aliphatic carbocycles. The lowest BCUT2D eigenvalue weighted by atomic mass is 10.1. The Morgan fingerprint density at radius 1 is 1.17 bits per heavy atom. The van der Waals surface area contributed by atoms with Crippen molar-refractivity contribution >= 4 is 17.7 Å². The van der Waals surface area contributed by atoms with E-state index < -0.39 is 24.2 Å². The molecule has 0 saturated carbocycles. The predicted octanol–water partition coefficient (Wildman–Crippen LogP) is 3.06. The van der Waals surface area contributed by atoms with Gasteiger partial charge in [0.05, 0.1) is 0 Å². The van der Waals surface area contributed by atoms with Crippen molar-refractivity contribution in [3.05, 3.63) is 60.2 Å². The van der Waals surface area contributed by atoms with Gasteiger partial charge in [0, 0.05) is 5.69 Å². The molecule has 0 radical (unpaired) electrons. The number of nitrogens with zero attached hydrogens (tertiary/aromatic N) is 1. The second kappa shape index (κ2) is 6.62. The SMILES string of the molecule is C[C@@H]1OC(=O)[C@@H]1N(C(=O)O)c1ccc(OCc2ccccc2)cc1. The molecule has 0 aromatic heterocycles. The first-order valence-electron chi connectivity index (χ1n) is 7.55. The van der Waals surface area contributed by atoms with Crippen LogP contribution in [0.2, 0.25) is 0 Å². The summed E-state index contributed by atoms with van der Waals surface area (Å²) in [6.45, 7) is 2.09. The molecule has 3 rings (SSSR count). The first kappa shape index (κ1) is 15.9. The van der Waals surface area contributed by atoms with E-state index >= 15 is 0 Å². The molecule has 1 saturated heterocycles. The predicted molar refractivity (Wildman–Crippen MR) is 87.1 cm³/mol. The number of carbonyl (C=O) groups excluding carboxylic acids is 1. The number of hydrogen-bond acceptors (Lipinski definition) is 4. The fourth-order valence-electron chi connectivity index (χ4n) is 2.59. The summed E-state index contributed by atoms with van der Waals surface area (Å²) in [6.07, 6.45) is -1.65. The lowest BCUT2D eigenvalue weighted by molar-refractivity contribution is -0.171. The van der Waals surface area contributed by atoms with Crippen LogP contribution in [0.5, 0.6) is 5.75 Å². The van der Waals surface area contributed by atoms with Crippen LogP contribution in [0.4, 0.5) is 10.5 Å². The van der Waals surface area contributed by atoms with Gasteiger partial charge in [-0.25, -0.2) is 9.59 Å². The van der Waals surface area contributed by atoms with Crippen molar-refractivity contribution in [2.75, 3.05) is 4.90 Å². The summed E-state index contributed by atoms with van der Waals surface area (Å²) in [7, 11) is 0. The quantitative estimate of drug-likeness (QED) is 0.854. The molecule has 1 aliphatic heterocycles. The van der Waals surface area contributed by atoms with Crippen LogP contribution in [0.15, 0.2) is 54.6 Å². The molecule has 6 nitrogen and oxygen atoms in total. The highest BCUT2D eigenvalue weighted by Gasteiger charge is 2.46. The number of amides is 1. The van der Waals surface area contributed by atoms with Gasteiger partial charge < -0.3 is 14.6 Å². The van der Waals surface area contributed by atoms with Crippen LogP contribution in [0.1, 0.15) is 12.5 Å². The number of carboxylic acid groups (broad SMARTS) is 1. The monoisotopic (exact) mass is 327 g/mol. The first-order valence-corrected chi connectivity index (χ1v) is 7.55. The zero-order chi connectivity index (χ0) is 17.1. The molecule has 1 fully saturated rings. The van der Waals surface area contributed by atoms with E-state index in [1.807, 2.05) is 30.3 Å². The second-order valence-corrected chi connectivity index (χ2v) is 5.51. The van der Waals surface area contributed by atoms with Crippen molar-refractivity contribution in [1.82, 2.24) is 0 Å². The van der Waals surface area contributed by atoms with Crippen molar-refractivity contribution in [2.24, 2.45) is 0 Å². The van der Waals surface area contributed by atoms with Crippen LogP contribution in [-0.4, -0.2) is 29.3 Å². The van der Waals surface area contributed by atoms with E-state index in [1.54, 1.807) is 31.2 Å². The highest BCUT2D eigenvalue weighted by molar-refractivity contribution is 5.97. The van der Waals surface area contributed by atoms with E-state index in [4.69, 9.17) is 9.47 Å². The average molecular weight is 327 g/mol. The Morgan fingerprint density at radius 3 is 2.38 bits per heavy atom. The van der Waals surface area contributed by atoms with Gasteiger partial charge in [-0.05, 0) is 36.8 Å². The molecule has 0 unspecified atom stereocenters. The lowest BCUT2D eigenvalue weighted by Gasteiger charge is -2.38. The normalized spacial score (nSPS) is 19.1. The molecule has 1 amide bonds. The van der Waals surface area contributed by atoms with Gasteiger partial charge in [0.15, 0.2) is 6.04 Å². The number of cyclic esters (lactones) is 1. The van der Waals surface area contributed by atoms with Gasteiger partial charge in [-0.1, -0.05) is 30.3 Å². The summed E-state index contributed by atoms with van der Waals surface area (Å²) >= 11 is 0. The standard InChI is InChI=1S/C18H17NO5/c1-12-16(17(20)24-12)19(18(21)22)14-7-9-15(10-8-14)23-11-13-5-3-2-4-6-13/h2-10,12,16H,11H2,1H3,(H,21,22)/t12-,16+/m0/s1. The molecule has 2 aromatic carbocycles. The van der Waals surface area contributed by atoms with Crippen molar-refractivity contribution < 1.29 is 24.2 Å². The Kier molecular flexibility index (Phi) is 4.37. The maximum atomic E-state index is 11.5. The summed E-state index contributed by atoms with van der Waals surface area (Å²) in [6, 6.07) is 15.5. The van der Waals surface area contributed by atoms with Gasteiger partial charge in [-0.15, -0.1) is 0 Å². The maximum absolute atomic E-state index is 11.5. The number of anilines is 1. The second-order valence-electron chi connectivity index (χ2n) is 5.51. The molecule has 1 N–H and O–H groups in total. The topological polar surface area (TPSA) is 76.1 Å². The Morgan fingerprint density at radius 2 is 1.83 bits per heavy atom. The van der Waals surface area contributed by atoms with Crippen LogP contribution >= 0.6 is 0 Å². The smallest absolute Gasteiger partial charge is 0.412 e. The van der Waals surface area contributed by atoms with E-state index in [0.717, 1.165) is 10.5 Å². The summed E-state index contributed by atoms with van der Waals surface area (Å²) in [4.78, 5) is 24.1. The average Bonchev–Trinajstić information content (AvgIpc) is 2.59. The van der Waals surface area contributed by atoms with Crippen LogP contribution in [0, 0.1) is 0 Å². The van der Waals surface area contributed by atoms with E-state index in [-0.39, 0.29) is 0 Å². The molecular formula is C18H17NO5. The van der Waals surface area contributed by atoms with Crippen molar-refractivity contribution in [3.63, 3.8) is 0 Å². The lowest BCUT2D eigenvalue weighted by Crippen LogP contribution is -2.60. The maximum Gasteiger partial charge on any atom is 0.412 e. The minimum absolute atomic E-state index is 0.406. The number of hydrogen-bond donors (Lipinski definition) is 1. The van der Waals surface area contributed by atoms with Gasteiger partial charge in [-0.3, -0.25) is 4.90 Å². The van der Waals surface area contributed by atoms with Crippen LogP contribution in [-0.2, 0) is 16.1 Å². The molecule has 124 valence electrons. The highest BCUT2D eigenvalue weighted by Crippen LogP contribution is 2.28. The van der Waals surface area contributed by atoms with Gasteiger partial charge in [0.1, 0.15) is 18.5 Å². The van der Waals surface area contributed by atoms with Crippen LogP contribution in [0.25, 0.3) is 0 Å². The van der Waals surface area contributed by atoms with Gasteiger partial charge in [-0.2, -0.15) is 0 Å². The zero-order valence-electron chi connectivity index (χ0n) is 13.1. The third kappa shape index (κ3) is 3.17. The van der Waals surface area contributed by atoms with E-state index in [1.165, 1.54) is 0 Å². The number of ether oxygens (including phenoxy) is 2. The molecule has 2 atom stereocenters. The zero-order valence-corrected chi connectivity index (χ0v) is 13.1. The Labute approximate surface area is 139 Å². The molecule has 0 spiro atoms. The number of esters is 1. The fourth-order valence-corrected chi connectivity index (χ4v) is 2.59. The number of carbonyl (C=O) groups is 2. The Hall–Kier alpha value is -3.02. The summed E-state index contributed by atoms with van der Waals surface area (Å²) in [5.74, 6) is 0.0893. The largest absolute Gasteiger partial charge is 0.489 e. The summed E-state index contributed by atoms with van der Waals surface area (Å²) in [5, 5.41) is 9.41. The van der Waals surface area contributed by atoms with E-state index in [0.29, 0.717) is 18.0 Å². The van der Waals surface area contributed by atoms with Crippen molar-refractivity contribution in [2.45, 2.75) is 25.7 Å². The molecule has 2 aromatic rings. The molecule has 6 heteroatoms. The number of benzene rings is 2. The highest BCUT2D eigenvalue weighted by atomic mass is 16.6. The molecule has 0 bridgehead atoms. The Bertz CT molecular complexity index is 729. The third-order valence-electron chi connectivity index (χ3n) is 3.84. The molecule has 1 aliphatic rings. The number of rotatable bonds is 5. The third-order valence-corrected chi connectivity index (χ3v) is 3.84. The Balaban J connectivity index is 1.70. The first-order chi connectivity index (χ1) is 11.6. The van der Waals surface area contributed by atoms with E-state index in [2.05, 4.69) is 0 Å². The summed E-state index contributed by atoms with van der Waals surface area (Å²) < 4.78 is 10.5. The van der Waals surface area contributed by atoms with E-state index in [9.17, 15) is 14.7 Å². The molecule has 24 heavy (non-hydrogen) atoms. The van der Waals surface area contributed by atoms with Crippen molar-refractivity contribution in [3.8, 4) is 5.75 Å². The van der Waals surface area contributed by atoms with Gasteiger partial charge in [0.25, 0.3) is 0 Å². The van der Waals surface area contributed by atoms with Crippen molar-refractivity contribution in [1.29, 1.82) is 0 Å². The minimum atomic E-state index is -1.19. The van der Waals surface area contributed by atoms with Gasteiger partial charge in [0.2, 0.25) is 0 Å². The van der Waals surface area contributed by atoms with Crippen LogP contribution in [0.3, 0.4) is 0 Å². The fraction of sp³-hybridized carbons (Fsp3) is 0.222. The molecule has 1 heterocycles. The van der Waals surface area contributed by atoms with Gasteiger partial charge >= 0.3 is 12.1 Å². The molecular weight excluding hydrogens is 310 g/mol. The minimum Gasteiger partial charge on any atom is -0.489 e. The summed E-state index contributed by atoms with van der Waals surface area (Å²) in [5.41, 5.74) is 1.45. The van der Waals surface area contributed by atoms with Crippen LogP contribution < -0.4 is 9.64 Å².